The number of carboxylic acid groups (broad SMARTS) is 1. The molecule has 2 aromatic carbocycles. The molecule has 0 amide bonds. The molecule has 0 bridgehead atoms. The molecule has 8 nitrogen and oxygen atoms in total. The van der Waals surface area contributed by atoms with Gasteiger partial charge in [-0.25, -0.2) is 9.97 Å². The average molecular weight is 478 g/mol. The molecule has 184 valence electrons. The van der Waals surface area contributed by atoms with E-state index >= 15 is 0 Å². The summed E-state index contributed by atoms with van der Waals surface area (Å²) >= 11 is 0. The number of benzene rings is 2. The first kappa shape index (κ1) is 24.3. The second-order valence-electron chi connectivity index (χ2n) is 8.63. The Morgan fingerprint density at radius 2 is 1.94 bits per heavy atom. The van der Waals surface area contributed by atoms with Crippen molar-refractivity contribution in [3.05, 3.63) is 59.8 Å². The van der Waals surface area contributed by atoms with Crippen LogP contribution in [0.1, 0.15) is 36.3 Å². The summed E-state index contributed by atoms with van der Waals surface area (Å²) in [6, 6.07) is 13.5. The van der Waals surface area contributed by atoms with Crippen molar-refractivity contribution in [1.82, 2.24) is 9.97 Å². The van der Waals surface area contributed by atoms with E-state index in [4.69, 9.17) is 24.3 Å². The van der Waals surface area contributed by atoms with Gasteiger partial charge in [0.1, 0.15) is 11.6 Å². The Morgan fingerprint density at radius 1 is 1.11 bits per heavy atom. The summed E-state index contributed by atoms with van der Waals surface area (Å²) in [6.07, 6.45) is 4.56. The van der Waals surface area contributed by atoms with E-state index < -0.39 is 5.97 Å². The van der Waals surface area contributed by atoms with Crippen LogP contribution < -0.4 is 19.1 Å². The molecular weight excluding hydrogens is 446 g/mol. The number of hydrogen-bond donors (Lipinski definition) is 1. The number of fused-ring (bicyclic) bond motifs is 1. The molecule has 1 aliphatic rings. The first-order valence-corrected chi connectivity index (χ1v) is 11.7. The Morgan fingerprint density at radius 3 is 2.71 bits per heavy atom. The predicted molar refractivity (Wildman–Crippen MR) is 134 cm³/mol. The van der Waals surface area contributed by atoms with Crippen molar-refractivity contribution < 1.29 is 24.1 Å². The highest BCUT2D eigenvalue weighted by atomic mass is 16.5. The lowest BCUT2D eigenvalue weighted by Gasteiger charge is -2.19. The fourth-order valence-electron chi connectivity index (χ4n) is 4.48. The summed E-state index contributed by atoms with van der Waals surface area (Å²) in [5.41, 5.74) is 3.20. The molecule has 0 fully saturated rings. The van der Waals surface area contributed by atoms with Gasteiger partial charge in [0.15, 0.2) is 17.3 Å². The fourth-order valence-corrected chi connectivity index (χ4v) is 4.48. The Hall–Kier alpha value is -3.81. The van der Waals surface area contributed by atoms with Gasteiger partial charge in [0.25, 0.3) is 0 Å². The smallest absolute Gasteiger partial charge is 0.303 e. The minimum absolute atomic E-state index is 0.113. The quantitative estimate of drug-likeness (QED) is 0.402. The van der Waals surface area contributed by atoms with Crippen molar-refractivity contribution >= 4 is 11.8 Å². The maximum atomic E-state index is 11.1. The largest absolute Gasteiger partial charge is 0.494 e. The Balaban J connectivity index is 1.31. The zero-order chi connectivity index (χ0) is 24.8. The lowest BCUT2D eigenvalue weighted by atomic mass is 9.98. The van der Waals surface area contributed by atoms with Crippen LogP contribution in [0.3, 0.4) is 0 Å². The van der Waals surface area contributed by atoms with Gasteiger partial charge in [-0.3, -0.25) is 4.79 Å². The maximum absolute atomic E-state index is 11.1. The van der Waals surface area contributed by atoms with Crippen LogP contribution in [0.15, 0.2) is 48.7 Å². The van der Waals surface area contributed by atoms with E-state index in [1.54, 1.807) is 20.4 Å². The average Bonchev–Trinajstić information content (AvgIpc) is 3.27. The van der Waals surface area contributed by atoms with E-state index in [0.29, 0.717) is 23.9 Å². The molecule has 3 aromatic rings. The van der Waals surface area contributed by atoms with Gasteiger partial charge in [-0.2, -0.15) is 0 Å². The Labute approximate surface area is 205 Å². The number of hydrogen-bond acceptors (Lipinski definition) is 7. The molecule has 0 saturated heterocycles. The summed E-state index contributed by atoms with van der Waals surface area (Å²) in [6.45, 7) is 1.35. The van der Waals surface area contributed by atoms with Gasteiger partial charge in [-0.05, 0) is 72.7 Å². The second kappa shape index (κ2) is 11.1. The third-order valence-electron chi connectivity index (χ3n) is 6.32. The van der Waals surface area contributed by atoms with E-state index in [9.17, 15) is 4.79 Å². The Kier molecular flexibility index (Phi) is 7.70. The molecular formula is C27H31N3O5. The fraction of sp³-hybridized carbons (Fsp3) is 0.370. The minimum atomic E-state index is -0.744. The van der Waals surface area contributed by atoms with Crippen LogP contribution >= 0.6 is 0 Å². The van der Waals surface area contributed by atoms with E-state index in [-0.39, 0.29) is 12.3 Å². The molecule has 4 rings (SSSR count). The number of nitrogens with zero attached hydrogens (tertiary/aromatic N) is 3. The van der Waals surface area contributed by atoms with Gasteiger partial charge in [-0.15, -0.1) is 0 Å². The number of aryl methyl sites for hydroxylation is 1. The molecule has 1 heterocycles. The highest BCUT2D eigenvalue weighted by molar-refractivity contribution is 5.68. The topological polar surface area (TPSA) is 94.0 Å². The number of methoxy groups -OCH3 is 2. The lowest BCUT2D eigenvalue weighted by molar-refractivity contribution is -0.137. The molecule has 1 N–H and O–H groups in total. The van der Waals surface area contributed by atoms with E-state index in [2.05, 4.69) is 16.0 Å². The molecule has 8 heteroatoms. The predicted octanol–water partition coefficient (Wildman–Crippen LogP) is 4.57. The van der Waals surface area contributed by atoms with Crippen LogP contribution in [0.25, 0.3) is 11.4 Å². The molecule has 0 unspecified atom stereocenters. The van der Waals surface area contributed by atoms with Crippen molar-refractivity contribution in [2.45, 2.75) is 31.6 Å². The van der Waals surface area contributed by atoms with Gasteiger partial charge in [0, 0.05) is 25.4 Å². The lowest BCUT2D eigenvalue weighted by Crippen LogP contribution is -2.21. The SMILES string of the molecule is COc1ccc(-c2nccc(N(C)CCCOc3ccc4c(c3)CC[C@H]4CC(=O)O)n2)cc1OC. The van der Waals surface area contributed by atoms with Gasteiger partial charge in [0.2, 0.25) is 0 Å². The van der Waals surface area contributed by atoms with Crippen LogP contribution in [-0.4, -0.2) is 55.5 Å². The van der Waals surface area contributed by atoms with Gasteiger partial charge in [0.05, 0.1) is 27.2 Å². The van der Waals surface area contributed by atoms with Crippen LogP contribution in [0.2, 0.25) is 0 Å². The number of aliphatic carboxylic acids is 1. The number of rotatable bonds is 11. The molecule has 1 atom stereocenters. The molecule has 0 radical (unpaired) electrons. The zero-order valence-electron chi connectivity index (χ0n) is 20.4. The van der Waals surface area contributed by atoms with Crippen molar-refractivity contribution in [3.8, 4) is 28.6 Å². The van der Waals surface area contributed by atoms with Crippen LogP contribution in [0.5, 0.6) is 17.2 Å². The summed E-state index contributed by atoms with van der Waals surface area (Å²) in [5.74, 6) is 2.94. The molecule has 35 heavy (non-hydrogen) atoms. The van der Waals surface area contributed by atoms with Gasteiger partial charge in [-0.1, -0.05) is 6.07 Å². The van der Waals surface area contributed by atoms with Crippen LogP contribution in [0, 0.1) is 0 Å². The third-order valence-corrected chi connectivity index (χ3v) is 6.32. The number of carbonyl (C=O) groups is 1. The molecule has 0 spiro atoms. The Bertz CT molecular complexity index is 1180. The first-order valence-electron chi connectivity index (χ1n) is 11.7. The molecule has 0 aliphatic heterocycles. The van der Waals surface area contributed by atoms with Crippen molar-refractivity contribution in [1.29, 1.82) is 0 Å². The second-order valence-corrected chi connectivity index (χ2v) is 8.63. The van der Waals surface area contributed by atoms with E-state index in [0.717, 1.165) is 48.5 Å². The summed E-state index contributed by atoms with van der Waals surface area (Å²) in [7, 11) is 5.21. The molecule has 1 aromatic heterocycles. The number of anilines is 1. The monoisotopic (exact) mass is 477 g/mol. The minimum Gasteiger partial charge on any atom is -0.494 e. The number of carboxylic acids is 1. The van der Waals surface area contributed by atoms with Crippen LogP contribution in [0.4, 0.5) is 5.82 Å². The highest BCUT2D eigenvalue weighted by Gasteiger charge is 2.24. The van der Waals surface area contributed by atoms with Crippen LogP contribution in [-0.2, 0) is 11.2 Å². The van der Waals surface area contributed by atoms with Gasteiger partial charge < -0.3 is 24.2 Å². The van der Waals surface area contributed by atoms with Crippen molar-refractivity contribution in [3.63, 3.8) is 0 Å². The summed E-state index contributed by atoms with van der Waals surface area (Å²) in [5, 5.41) is 9.09. The number of ether oxygens (including phenoxy) is 3. The normalized spacial score (nSPS) is 14.3. The maximum Gasteiger partial charge on any atom is 0.303 e. The van der Waals surface area contributed by atoms with Gasteiger partial charge >= 0.3 is 5.97 Å². The standard InChI is InChI=1S/C27H31N3O5/c1-30(25-11-12-28-27(29-25)20-7-10-23(33-2)24(16-20)34-3)13-4-14-35-21-8-9-22-18(15-21)5-6-19(22)17-26(31)32/h7-12,15-16,19H,4-6,13-14,17H2,1-3H3,(H,31,32)/t19-/m0/s1. The third kappa shape index (κ3) is 5.82. The summed E-state index contributed by atoms with van der Waals surface area (Å²) in [4.78, 5) is 22.3. The zero-order valence-corrected chi connectivity index (χ0v) is 20.4. The molecule has 1 aliphatic carbocycles. The van der Waals surface area contributed by atoms with Crippen molar-refractivity contribution in [2.75, 3.05) is 39.3 Å². The van der Waals surface area contributed by atoms with E-state index in [1.807, 2.05) is 43.4 Å². The first-order chi connectivity index (χ1) is 17.0. The summed E-state index contributed by atoms with van der Waals surface area (Å²) < 4.78 is 16.7. The molecule has 0 saturated carbocycles. The number of aromatic nitrogens is 2. The van der Waals surface area contributed by atoms with E-state index in [1.165, 1.54) is 5.56 Å². The highest BCUT2D eigenvalue weighted by Crippen LogP contribution is 2.37. The van der Waals surface area contributed by atoms with Crippen molar-refractivity contribution in [2.24, 2.45) is 0 Å².